The lowest BCUT2D eigenvalue weighted by molar-refractivity contribution is -0.133. The molecule has 3 aliphatic rings. The second-order valence-corrected chi connectivity index (χ2v) is 9.75. The van der Waals surface area contributed by atoms with E-state index in [4.69, 9.17) is 4.42 Å². The number of aryl methyl sites for hydroxylation is 1. The molecule has 3 heterocycles. The van der Waals surface area contributed by atoms with Crippen LogP contribution in [0.15, 0.2) is 4.42 Å². The van der Waals surface area contributed by atoms with Crippen molar-refractivity contribution in [1.29, 1.82) is 0 Å². The van der Waals surface area contributed by atoms with Gasteiger partial charge in [-0.15, -0.1) is 10.2 Å². The fourth-order valence-corrected chi connectivity index (χ4v) is 5.72. The van der Waals surface area contributed by atoms with Crippen LogP contribution < -0.4 is 0 Å². The van der Waals surface area contributed by atoms with Gasteiger partial charge in [0.1, 0.15) is 0 Å². The van der Waals surface area contributed by atoms with E-state index in [-0.39, 0.29) is 23.2 Å². The highest BCUT2D eigenvalue weighted by molar-refractivity contribution is 5.78. The summed E-state index contributed by atoms with van der Waals surface area (Å²) in [5, 5.41) is 8.44. The summed E-state index contributed by atoms with van der Waals surface area (Å²) in [6.07, 6.45) is 9.29. The minimum Gasteiger partial charge on any atom is -0.425 e. The van der Waals surface area contributed by atoms with E-state index >= 15 is 0 Å². The predicted molar refractivity (Wildman–Crippen MR) is 108 cm³/mol. The van der Waals surface area contributed by atoms with Gasteiger partial charge >= 0.3 is 0 Å². The van der Waals surface area contributed by atoms with Crippen molar-refractivity contribution >= 4 is 5.91 Å². The minimum absolute atomic E-state index is 0.0339. The lowest BCUT2D eigenvalue weighted by Gasteiger charge is -2.42. The first-order chi connectivity index (χ1) is 13.5. The Bertz CT molecular complexity index is 672. The maximum Gasteiger partial charge on any atom is 0.225 e. The second kappa shape index (κ2) is 8.13. The first kappa shape index (κ1) is 19.9. The van der Waals surface area contributed by atoms with Crippen molar-refractivity contribution in [3.05, 3.63) is 11.8 Å². The third kappa shape index (κ3) is 3.98. The Labute approximate surface area is 169 Å². The molecule has 0 N–H and O–H groups in total. The molecule has 0 bridgehead atoms. The highest BCUT2D eigenvalue weighted by atomic mass is 16.4. The summed E-state index contributed by atoms with van der Waals surface area (Å²) in [7, 11) is 0. The zero-order chi connectivity index (χ0) is 19.7. The van der Waals surface area contributed by atoms with Crippen molar-refractivity contribution in [3.8, 4) is 0 Å². The molecule has 28 heavy (non-hydrogen) atoms. The van der Waals surface area contributed by atoms with Crippen molar-refractivity contribution < 1.29 is 9.21 Å². The third-order valence-corrected chi connectivity index (χ3v) is 7.39. The van der Waals surface area contributed by atoms with E-state index < -0.39 is 0 Å². The van der Waals surface area contributed by atoms with Crippen LogP contribution in [0.2, 0.25) is 0 Å². The van der Waals surface area contributed by atoms with Crippen LogP contribution in [0.3, 0.4) is 0 Å². The number of piperidine rings is 1. The molecule has 0 aromatic carbocycles. The molecule has 1 aromatic heterocycles. The van der Waals surface area contributed by atoms with E-state index in [1.54, 1.807) is 0 Å². The van der Waals surface area contributed by atoms with E-state index in [9.17, 15) is 4.79 Å². The van der Waals surface area contributed by atoms with Crippen LogP contribution in [0.5, 0.6) is 0 Å². The molecule has 1 spiro atoms. The zero-order valence-corrected chi connectivity index (χ0v) is 17.8. The molecule has 156 valence electrons. The highest BCUT2D eigenvalue weighted by Gasteiger charge is 2.52. The number of hydrogen-bond acceptors (Lipinski definition) is 5. The average Bonchev–Trinajstić information content (AvgIpc) is 3.28. The monoisotopic (exact) mass is 388 g/mol. The Morgan fingerprint density at radius 3 is 2.50 bits per heavy atom. The Morgan fingerprint density at radius 1 is 1.18 bits per heavy atom. The van der Waals surface area contributed by atoms with Gasteiger partial charge in [-0.3, -0.25) is 4.79 Å². The number of carbonyl (C=O) groups excluding carboxylic acids is 1. The van der Waals surface area contributed by atoms with Gasteiger partial charge in [0, 0.05) is 37.9 Å². The molecule has 1 unspecified atom stereocenters. The number of aromatic nitrogens is 2. The van der Waals surface area contributed by atoms with Gasteiger partial charge in [-0.25, -0.2) is 0 Å². The molecule has 3 fully saturated rings. The minimum atomic E-state index is 0.0339. The smallest absolute Gasteiger partial charge is 0.225 e. The summed E-state index contributed by atoms with van der Waals surface area (Å²) in [5.41, 5.74) is 0.0899. The SMILES string of the molecule is Cc1nnc(C2CN(C(=O)C(C)C)CC23CCN(CC2CCCCC2)CC3)o1. The van der Waals surface area contributed by atoms with Crippen LogP contribution in [0.25, 0.3) is 0 Å². The summed E-state index contributed by atoms with van der Waals surface area (Å²) in [6.45, 7) is 10.9. The van der Waals surface area contributed by atoms with Gasteiger partial charge in [0.25, 0.3) is 0 Å². The van der Waals surface area contributed by atoms with Crippen LogP contribution in [-0.4, -0.2) is 58.6 Å². The summed E-state index contributed by atoms with van der Waals surface area (Å²) in [4.78, 5) is 17.5. The predicted octanol–water partition coefficient (Wildman–Crippen LogP) is 3.62. The zero-order valence-electron chi connectivity index (χ0n) is 17.8. The van der Waals surface area contributed by atoms with Crippen LogP contribution in [-0.2, 0) is 4.79 Å². The van der Waals surface area contributed by atoms with E-state index in [0.29, 0.717) is 5.89 Å². The lowest BCUT2D eigenvalue weighted by Crippen LogP contribution is -2.45. The van der Waals surface area contributed by atoms with E-state index in [1.165, 1.54) is 38.6 Å². The second-order valence-electron chi connectivity index (χ2n) is 9.75. The fourth-order valence-electron chi connectivity index (χ4n) is 5.72. The lowest BCUT2D eigenvalue weighted by atomic mass is 9.70. The van der Waals surface area contributed by atoms with E-state index in [0.717, 1.165) is 50.8 Å². The van der Waals surface area contributed by atoms with Crippen molar-refractivity contribution in [2.45, 2.75) is 71.6 Å². The molecule has 1 aromatic rings. The van der Waals surface area contributed by atoms with Crippen molar-refractivity contribution in [2.75, 3.05) is 32.7 Å². The summed E-state index contributed by atoms with van der Waals surface area (Å²) >= 11 is 0. The van der Waals surface area contributed by atoms with Gasteiger partial charge in [0.15, 0.2) is 0 Å². The molecule has 1 amide bonds. The Balaban J connectivity index is 1.46. The van der Waals surface area contributed by atoms with Crippen LogP contribution in [0, 0.1) is 24.2 Å². The third-order valence-electron chi connectivity index (χ3n) is 7.39. The molecular formula is C22H36N4O2. The summed E-state index contributed by atoms with van der Waals surface area (Å²) in [6, 6.07) is 0. The quantitative estimate of drug-likeness (QED) is 0.788. The first-order valence-corrected chi connectivity index (χ1v) is 11.3. The molecule has 2 aliphatic heterocycles. The standard InChI is InChI=1S/C22H36N4O2/c1-16(2)21(27)26-14-19(20-24-23-17(3)28-20)22(15-26)9-11-25(12-10-22)13-18-7-5-4-6-8-18/h16,18-19H,4-15H2,1-3H3. The van der Waals surface area contributed by atoms with Gasteiger partial charge in [-0.2, -0.15) is 0 Å². The Kier molecular flexibility index (Phi) is 5.77. The van der Waals surface area contributed by atoms with Gasteiger partial charge in [-0.05, 0) is 44.7 Å². The molecule has 1 saturated carbocycles. The molecular weight excluding hydrogens is 352 g/mol. The van der Waals surface area contributed by atoms with Gasteiger partial charge in [0.2, 0.25) is 17.7 Å². The van der Waals surface area contributed by atoms with Crippen LogP contribution in [0.4, 0.5) is 0 Å². The normalized spacial score (nSPS) is 26.4. The number of nitrogens with zero attached hydrogens (tertiary/aromatic N) is 4. The fraction of sp³-hybridized carbons (Fsp3) is 0.864. The topological polar surface area (TPSA) is 62.5 Å². The van der Waals surface area contributed by atoms with Crippen LogP contribution in [0.1, 0.15) is 76.5 Å². The summed E-state index contributed by atoms with van der Waals surface area (Å²) in [5.74, 6) is 2.70. The highest BCUT2D eigenvalue weighted by Crippen LogP contribution is 2.50. The number of hydrogen-bond donors (Lipinski definition) is 0. The largest absolute Gasteiger partial charge is 0.425 e. The first-order valence-electron chi connectivity index (χ1n) is 11.3. The molecule has 1 atom stereocenters. The number of amides is 1. The molecule has 6 nitrogen and oxygen atoms in total. The number of likely N-dealkylation sites (tertiary alicyclic amines) is 2. The average molecular weight is 389 g/mol. The van der Waals surface area contributed by atoms with Crippen molar-refractivity contribution in [3.63, 3.8) is 0 Å². The number of rotatable bonds is 4. The van der Waals surface area contributed by atoms with E-state index in [1.807, 2.05) is 20.8 Å². The van der Waals surface area contributed by atoms with Gasteiger partial charge < -0.3 is 14.2 Å². The van der Waals surface area contributed by atoms with Crippen LogP contribution >= 0.6 is 0 Å². The summed E-state index contributed by atoms with van der Waals surface area (Å²) < 4.78 is 5.86. The molecule has 2 saturated heterocycles. The maximum absolute atomic E-state index is 12.7. The molecule has 4 rings (SSSR count). The Hall–Kier alpha value is -1.43. The molecule has 6 heteroatoms. The van der Waals surface area contributed by atoms with Crippen molar-refractivity contribution in [1.82, 2.24) is 20.0 Å². The van der Waals surface area contributed by atoms with E-state index in [2.05, 4.69) is 20.0 Å². The van der Waals surface area contributed by atoms with Gasteiger partial charge in [0.05, 0.1) is 5.92 Å². The van der Waals surface area contributed by atoms with Crippen molar-refractivity contribution in [2.24, 2.45) is 17.3 Å². The maximum atomic E-state index is 12.7. The van der Waals surface area contributed by atoms with Gasteiger partial charge in [-0.1, -0.05) is 33.1 Å². The molecule has 0 radical (unpaired) electrons. The molecule has 1 aliphatic carbocycles. The number of carbonyl (C=O) groups is 1. The Morgan fingerprint density at radius 2 is 1.89 bits per heavy atom.